The Balaban J connectivity index is 1.21. The number of nitrogens with zero attached hydrogens (tertiary/aromatic N) is 3. The molecule has 0 radical (unpaired) electrons. The number of aryl methyl sites for hydroxylation is 1. The highest BCUT2D eigenvalue weighted by Crippen LogP contribution is 2.37. The number of rotatable bonds is 6. The molecule has 3 aliphatic rings. The van der Waals surface area contributed by atoms with Crippen molar-refractivity contribution in [3.63, 3.8) is 0 Å². The first-order valence-corrected chi connectivity index (χ1v) is 11.5. The van der Waals surface area contributed by atoms with E-state index in [1.54, 1.807) is 4.90 Å². The number of benzene rings is 1. The molecule has 0 bridgehead atoms. The van der Waals surface area contributed by atoms with Crippen molar-refractivity contribution in [2.45, 2.75) is 44.9 Å². The second kappa shape index (κ2) is 9.62. The number of hydrogen-bond donors (Lipinski definition) is 0. The van der Waals surface area contributed by atoms with Gasteiger partial charge in [-0.1, -0.05) is 43.2 Å². The molecule has 7 nitrogen and oxygen atoms in total. The molecular weight excluding hydrogens is 394 g/mol. The van der Waals surface area contributed by atoms with Crippen molar-refractivity contribution < 1.29 is 19.2 Å². The second-order valence-corrected chi connectivity index (χ2v) is 8.86. The van der Waals surface area contributed by atoms with E-state index in [1.165, 1.54) is 10.5 Å². The van der Waals surface area contributed by atoms with Crippen LogP contribution in [0, 0.1) is 11.8 Å². The van der Waals surface area contributed by atoms with E-state index in [0.717, 1.165) is 38.5 Å². The number of carbonyl (C=O) groups is 4. The van der Waals surface area contributed by atoms with Gasteiger partial charge in [0.25, 0.3) is 0 Å². The summed E-state index contributed by atoms with van der Waals surface area (Å²) < 4.78 is 0. The highest BCUT2D eigenvalue weighted by atomic mass is 16.2. The molecule has 7 heteroatoms. The lowest BCUT2D eigenvalue weighted by molar-refractivity contribution is -0.147. The SMILES string of the molecule is O=C(CCCc1ccccc1)N1CCN(C(=O)CN2C(=O)C3CCCCC3C2=O)CC1. The van der Waals surface area contributed by atoms with Gasteiger partial charge in [0.2, 0.25) is 23.6 Å². The topological polar surface area (TPSA) is 78.0 Å². The Kier molecular flexibility index (Phi) is 6.68. The molecule has 166 valence electrons. The fourth-order valence-corrected chi connectivity index (χ4v) is 5.07. The van der Waals surface area contributed by atoms with E-state index in [4.69, 9.17) is 0 Å². The van der Waals surface area contributed by atoms with Crippen molar-refractivity contribution in [1.82, 2.24) is 14.7 Å². The zero-order chi connectivity index (χ0) is 21.8. The molecule has 2 heterocycles. The largest absolute Gasteiger partial charge is 0.339 e. The van der Waals surface area contributed by atoms with Crippen molar-refractivity contribution in [3.05, 3.63) is 35.9 Å². The molecule has 1 aliphatic carbocycles. The zero-order valence-electron chi connectivity index (χ0n) is 18.0. The molecule has 0 aromatic heterocycles. The molecule has 1 saturated carbocycles. The Bertz CT molecular complexity index is 808. The fraction of sp³-hybridized carbons (Fsp3) is 0.583. The maximum absolute atomic E-state index is 12.7. The van der Waals surface area contributed by atoms with Crippen molar-refractivity contribution >= 4 is 23.6 Å². The van der Waals surface area contributed by atoms with Gasteiger partial charge in [-0.2, -0.15) is 0 Å². The van der Waals surface area contributed by atoms with E-state index >= 15 is 0 Å². The minimum atomic E-state index is -0.223. The number of carbonyl (C=O) groups excluding carboxylic acids is 4. The quantitative estimate of drug-likeness (QED) is 0.652. The van der Waals surface area contributed by atoms with Gasteiger partial charge in [0.1, 0.15) is 6.54 Å². The smallest absolute Gasteiger partial charge is 0.242 e. The average molecular weight is 426 g/mol. The van der Waals surface area contributed by atoms with Crippen LogP contribution in [0.25, 0.3) is 0 Å². The molecule has 4 amide bonds. The van der Waals surface area contributed by atoms with Crippen LogP contribution in [0.3, 0.4) is 0 Å². The van der Waals surface area contributed by atoms with Gasteiger partial charge in [-0.3, -0.25) is 24.1 Å². The Morgan fingerprint density at radius 2 is 1.35 bits per heavy atom. The van der Waals surface area contributed by atoms with E-state index in [9.17, 15) is 19.2 Å². The monoisotopic (exact) mass is 425 g/mol. The summed E-state index contributed by atoms with van der Waals surface area (Å²) >= 11 is 0. The van der Waals surface area contributed by atoms with Crippen LogP contribution in [0.2, 0.25) is 0 Å². The van der Waals surface area contributed by atoms with E-state index in [-0.39, 0.29) is 42.0 Å². The predicted octanol–water partition coefficient (Wildman–Crippen LogP) is 1.86. The van der Waals surface area contributed by atoms with E-state index in [1.807, 2.05) is 23.1 Å². The number of amides is 4. The summed E-state index contributed by atoms with van der Waals surface area (Å²) in [6, 6.07) is 10.1. The Labute approximate surface area is 183 Å². The highest BCUT2D eigenvalue weighted by Gasteiger charge is 2.48. The summed E-state index contributed by atoms with van der Waals surface area (Å²) in [7, 11) is 0. The maximum Gasteiger partial charge on any atom is 0.242 e. The molecule has 2 aliphatic heterocycles. The number of imide groups is 1. The molecule has 1 aromatic carbocycles. The third kappa shape index (κ3) is 4.81. The summed E-state index contributed by atoms with van der Waals surface area (Å²) in [5, 5.41) is 0. The van der Waals surface area contributed by atoms with E-state index in [0.29, 0.717) is 32.6 Å². The number of likely N-dealkylation sites (tertiary alicyclic amines) is 1. The van der Waals surface area contributed by atoms with Crippen LogP contribution in [0.1, 0.15) is 44.1 Å². The van der Waals surface area contributed by atoms with Gasteiger partial charge in [-0.15, -0.1) is 0 Å². The zero-order valence-corrected chi connectivity index (χ0v) is 18.0. The molecule has 4 rings (SSSR count). The standard InChI is InChI=1S/C24H31N3O4/c28-21(12-6-9-18-7-2-1-3-8-18)25-13-15-26(16-14-25)22(29)17-27-23(30)19-10-4-5-11-20(19)24(27)31/h1-3,7-8,19-20H,4-6,9-17H2. The Hall–Kier alpha value is -2.70. The van der Waals surface area contributed by atoms with Crippen molar-refractivity contribution in [2.75, 3.05) is 32.7 Å². The van der Waals surface area contributed by atoms with Gasteiger partial charge in [0.15, 0.2) is 0 Å². The normalized spacial score (nSPS) is 23.8. The second-order valence-electron chi connectivity index (χ2n) is 8.86. The Morgan fingerprint density at radius 3 is 1.94 bits per heavy atom. The Morgan fingerprint density at radius 1 is 0.806 bits per heavy atom. The van der Waals surface area contributed by atoms with Crippen LogP contribution in [-0.2, 0) is 25.6 Å². The van der Waals surface area contributed by atoms with E-state index < -0.39 is 0 Å². The molecule has 1 aromatic rings. The molecular formula is C24H31N3O4. The molecule has 0 N–H and O–H groups in total. The van der Waals surface area contributed by atoms with Crippen molar-refractivity contribution in [2.24, 2.45) is 11.8 Å². The molecule has 3 fully saturated rings. The lowest BCUT2D eigenvalue weighted by atomic mass is 9.81. The van der Waals surface area contributed by atoms with Crippen LogP contribution in [-0.4, -0.2) is 71.1 Å². The van der Waals surface area contributed by atoms with Gasteiger partial charge in [0.05, 0.1) is 11.8 Å². The summed E-state index contributed by atoms with van der Waals surface area (Å²) in [5.74, 6) is -0.863. The first-order chi connectivity index (χ1) is 15.0. The van der Waals surface area contributed by atoms with Crippen LogP contribution < -0.4 is 0 Å². The van der Waals surface area contributed by atoms with Gasteiger partial charge in [0, 0.05) is 32.6 Å². The third-order valence-electron chi connectivity index (χ3n) is 6.91. The third-order valence-corrected chi connectivity index (χ3v) is 6.91. The lowest BCUT2D eigenvalue weighted by Crippen LogP contribution is -2.53. The number of hydrogen-bond acceptors (Lipinski definition) is 4. The van der Waals surface area contributed by atoms with Crippen molar-refractivity contribution in [3.8, 4) is 0 Å². The minimum Gasteiger partial charge on any atom is -0.339 e. The summed E-state index contributed by atoms with van der Waals surface area (Å²) in [5.41, 5.74) is 1.23. The van der Waals surface area contributed by atoms with Crippen LogP contribution >= 0.6 is 0 Å². The minimum absolute atomic E-state index is 0.122. The van der Waals surface area contributed by atoms with Gasteiger partial charge >= 0.3 is 0 Å². The number of piperazine rings is 1. The highest BCUT2D eigenvalue weighted by molar-refractivity contribution is 6.07. The van der Waals surface area contributed by atoms with Gasteiger partial charge < -0.3 is 9.80 Å². The molecule has 31 heavy (non-hydrogen) atoms. The summed E-state index contributed by atoms with van der Waals surface area (Å²) in [6.45, 7) is 1.75. The summed E-state index contributed by atoms with van der Waals surface area (Å²) in [6.07, 6.45) is 5.65. The van der Waals surface area contributed by atoms with Crippen LogP contribution in [0.4, 0.5) is 0 Å². The fourth-order valence-electron chi connectivity index (χ4n) is 5.07. The first-order valence-electron chi connectivity index (χ1n) is 11.5. The first kappa shape index (κ1) is 21.5. The molecule has 0 spiro atoms. The predicted molar refractivity (Wildman–Crippen MR) is 115 cm³/mol. The molecule has 2 saturated heterocycles. The van der Waals surface area contributed by atoms with Crippen molar-refractivity contribution in [1.29, 1.82) is 0 Å². The van der Waals surface area contributed by atoms with Gasteiger partial charge in [-0.25, -0.2) is 0 Å². The van der Waals surface area contributed by atoms with E-state index in [2.05, 4.69) is 12.1 Å². The number of fused-ring (bicyclic) bond motifs is 1. The average Bonchev–Trinajstić information content (AvgIpc) is 3.05. The molecule has 2 atom stereocenters. The molecule has 2 unspecified atom stereocenters. The maximum atomic E-state index is 12.7. The van der Waals surface area contributed by atoms with Gasteiger partial charge in [-0.05, 0) is 31.2 Å². The van der Waals surface area contributed by atoms with Crippen LogP contribution in [0.15, 0.2) is 30.3 Å². The van der Waals surface area contributed by atoms with Crippen LogP contribution in [0.5, 0.6) is 0 Å². The summed E-state index contributed by atoms with van der Waals surface area (Å²) in [4.78, 5) is 55.1. The lowest BCUT2D eigenvalue weighted by Gasteiger charge is -2.35.